The lowest BCUT2D eigenvalue weighted by Gasteiger charge is -2.45. The van der Waals surface area contributed by atoms with Crippen molar-refractivity contribution in [1.29, 1.82) is 0 Å². The number of nitrogens with zero attached hydrogens (tertiary/aromatic N) is 2. The number of rotatable bonds is 6. The number of hydrogen-bond donors (Lipinski definition) is 2. The van der Waals surface area contributed by atoms with Gasteiger partial charge in [-0.2, -0.15) is 0 Å². The molecule has 1 spiro atoms. The van der Waals surface area contributed by atoms with Crippen molar-refractivity contribution in [2.75, 3.05) is 4.90 Å². The highest BCUT2D eigenvalue weighted by Crippen LogP contribution is 2.63. The Kier molecular flexibility index (Phi) is 7.81. The minimum atomic E-state index is -0.451. The lowest BCUT2D eigenvalue weighted by molar-refractivity contribution is 0.165. The summed E-state index contributed by atoms with van der Waals surface area (Å²) < 4.78 is 0. The van der Waals surface area contributed by atoms with E-state index in [1.807, 2.05) is 0 Å². The van der Waals surface area contributed by atoms with Crippen molar-refractivity contribution >= 4 is 17.1 Å². The molecular formula is C52H40N4. The molecule has 2 atom stereocenters. The summed E-state index contributed by atoms with van der Waals surface area (Å²) in [6.45, 7) is 0.791. The maximum Gasteiger partial charge on any atom is 0.101 e. The van der Waals surface area contributed by atoms with Gasteiger partial charge in [-0.3, -0.25) is 5.32 Å². The van der Waals surface area contributed by atoms with Crippen LogP contribution in [0.2, 0.25) is 0 Å². The van der Waals surface area contributed by atoms with Gasteiger partial charge < -0.3 is 4.90 Å². The molecule has 56 heavy (non-hydrogen) atoms. The van der Waals surface area contributed by atoms with E-state index in [-0.39, 0.29) is 12.3 Å². The quantitative estimate of drug-likeness (QED) is 0.179. The maximum absolute atomic E-state index is 3.87. The van der Waals surface area contributed by atoms with Gasteiger partial charge in [0, 0.05) is 12.2 Å². The predicted molar refractivity (Wildman–Crippen MR) is 228 cm³/mol. The van der Waals surface area contributed by atoms with Gasteiger partial charge in [-0.1, -0.05) is 176 Å². The molecule has 2 aliphatic heterocycles. The maximum atomic E-state index is 3.87. The third-order valence-electron chi connectivity index (χ3n) is 12.0. The van der Waals surface area contributed by atoms with Gasteiger partial charge in [0.1, 0.15) is 6.17 Å². The molecule has 11 rings (SSSR count). The highest BCUT2D eigenvalue weighted by Gasteiger charge is 2.51. The van der Waals surface area contributed by atoms with Crippen LogP contribution in [0.15, 0.2) is 206 Å². The van der Waals surface area contributed by atoms with Crippen molar-refractivity contribution in [2.45, 2.75) is 24.3 Å². The van der Waals surface area contributed by atoms with Crippen LogP contribution in [-0.4, -0.2) is 5.01 Å². The molecular weight excluding hydrogens is 681 g/mol. The highest BCUT2D eigenvalue weighted by molar-refractivity contribution is 5.96. The fraction of sp³-hybridized carbons (Fsp3) is 0.0769. The van der Waals surface area contributed by atoms with Crippen LogP contribution in [-0.2, 0) is 12.0 Å². The second kappa shape index (κ2) is 13.3. The van der Waals surface area contributed by atoms with E-state index in [9.17, 15) is 0 Å². The Hall–Kier alpha value is -6.56. The Bertz CT molecular complexity index is 2640. The first kappa shape index (κ1) is 32.8. The number of para-hydroxylation sites is 3. The van der Waals surface area contributed by atoms with Crippen LogP contribution in [0.5, 0.6) is 0 Å². The smallest absolute Gasteiger partial charge is 0.101 e. The number of nitrogens with one attached hydrogen (secondary N) is 2. The van der Waals surface area contributed by atoms with Crippen molar-refractivity contribution < 1.29 is 0 Å². The van der Waals surface area contributed by atoms with Crippen LogP contribution in [0.1, 0.15) is 51.3 Å². The summed E-state index contributed by atoms with van der Waals surface area (Å²) in [5.41, 5.74) is 20.9. The van der Waals surface area contributed by atoms with Crippen molar-refractivity contribution in [3.63, 3.8) is 0 Å². The average molecular weight is 721 g/mol. The lowest BCUT2D eigenvalue weighted by Crippen LogP contribution is -2.36. The molecule has 0 aromatic heterocycles. The molecule has 1 aliphatic carbocycles. The minimum absolute atomic E-state index is 0.0217. The summed E-state index contributed by atoms with van der Waals surface area (Å²) in [5, 5.41) is 6.19. The molecule has 4 heteroatoms. The van der Waals surface area contributed by atoms with Gasteiger partial charge in [0.15, 0.2) is 0 Å². The van der Waals surface area contributed by atoms with E-state index in [0.717, 1.165) is 12.2 Å². The second-order valence-electron chi connectivity index (χ2n) is 15.0. The van der Waals surface area contributed by atoms with E-state index in [2.05, 4.69) is 227 Å². The van der Waals surface area contributed by atoms with Crippen molar-refractivity contribution in [2.24, 2.45) is 0 Å². The molecule has 1 fully saturated rings. The van der Waals surface area contributed by atoms with Gasteiger partial charge in [0.2, 0.25) is 0 Å². The molecule has 8 aromatic carbocycles. The molecule has 2 heterocycles. The van der Waals surface area contributed by atoms with Crippen molar-refractivity contribution in [3.8, 4) is 22.3 Å². The Balaban J connectivity index is 0.975. The van der Waals surface area contributed by atoms with Crippen LogP contribution in [0, 0.1) is 0 Å². The third-order valence-corrected chi connectivity index (χ3v) is 12.0. The summed E-state index contributed by atoms with van der Waals surface area (Å²) in [4.78, 5) is 2.43. The Morgan fingerprint density at radius 1 is 0.446 bits per heavy atom. The van der Waals surface area contributed by atoms with E-state index in [0.29, 0.717) is 0 Å². The molecule has 268 valence electrons. The van der Waals surface area contributed by atoms with E-state index in [1.54, 1.807) is 0 Å². The van der Waals surface area contributed by atoms with Crippen LogP contribution in [0.4, 0.5) is 17.1 Å². The van der Waals surface area contributed by atoms with E-state index in [1.165, 1.54) is 72.6 Å². The largest absolute Gasteiger partial charge is 0.310 e. The number of hydrogen-bond acceptors (Lipinski definition) is 4. The molecule has 0 bridgehead atoms. The monoisotopic (exact) mass is 720 g/mol. The summed E-state index contributed by atoms with van der Waals surface area (Å²) in [6.07, 6.45) is 0.0200. The van der Waals surface area contributed by atoms with Crippen LogP contribution in [0.25, 0.3) is 22.3 Å². The molecule has 3 aliphatic rings. The zero-order valence-corrected chi connectivity index (χ0v) is 30.9. The molecule has 8 aromatic rings. The highest BCUT2D eigenvalue weighted by atomic mass is 15.6. The summed E-state index contributed by atoms with van der Waals surface area (Å²) >= 11 is 0. The predicted octanol–water partition coefficient (Wildman–Crippen LogP) is 11.8. The fourth-order valence-corrected chi connectivity index (χ4v) is 9.54. The lowest BCUT2D eigenvalue weighted by atomic mass is 9.64. The fourth-order valence-electron chi connectivity index (χ4n) is 9.54. The van der Waals surface area contributed by atoms with Crippen molar-refractivity contribution in [3.05, 3.63) is 245 Å². The Labute approximate surface area is 328 Å². The SMILES string of the molecule is c1ccc(CN2NC(c3ccc(-c4ccc5c(c4)-c4ccccc4C54c5ccccc5N(c5ccccc5)c5ccccc54)cc3)NC2c2ccccc2)cc1. The van der Waals surface area contributed by atoms with Gasteiger partial charge in [-0.15, -0.1) is 0 Å². The minimum Gasteiger partial charge on any atom is -0.310 e. The van der Waals surface area contributed by atoms with Crippen LogP contribution >= 0.6 is 0 Å². The second-order valence-corrected chi connectivity index (χ2v) is 15.0. The molecule has 4 nitrogen and oxygen atoms in total. The van der Waals surface area contributed by atoms with Gasteiger partial charge in [0.05, 0.1) is 23.0 Å². The Morgan fingerprint density at radius 2 is 1.00 bits per heavy atom. The number of fused-ring (bicyclic) bond motifs is 9. The molecule has 2 N–H and O–H groups in total. The zero-order valence-electron chi connectivity index (χ0n) is 30.9. The zero-order chi connectivity index (χ0) is 37.1. The molecule has 1 saturated heterocycles. The number of anilines is 3. The average Bonchev–Trinajstić information content (AvgIpc) is 3.82. The summed E-state index contributed by atoms with van der Waals surface area (Å²) in [7, 11) is 0. The molecule has 2 unspecified atom stereocenters. The first-order valence-electron chi connectivity index (χ1n) is 19.5. The van der Waals surface area contributed by atoms with Crippen molar-refractivity contribution in [1.82, 2.24) is 15.8 Å². The topological polar surface area (TPSA) is 30.5 Å². The molecule has 0 amide bonds. The van der Waals surface area contributed by atoms with Crippen LogP contribution < -0.4 is 15.6 Å². The summed E-state index contributed by atoms with van der Waals surface area (Å²) in [6, 6.07) is 75.4. The number of benzene rings is 8. The van der Waals surface area contributed by atoms with Gasteiger partial charge >= 0.3 is 0 Å². The third kappa shape index (κ3) is 5.11. The first-order chi connectivity index (χ1) is 27.8. The van der Waals surface area contributed by atoms with Crippen LogP contribution in [0.3, 0.4) is 0 Å². The van der Waals surface area contributed by atoms with E-state index < -0.39 is 5.41 Å². The Morgan fingerprint density at radius 3 is 1.70 bits per heavy atom. The normalized spacial score (nSPS) is 17.6. The van der Waals surface area contributed by atoms with Gasteiger partial charge in [-0.05, 0) is 91.5 Å². The summed E-state index contributed by atoms with van der Waals surface area (Å²) in [5.74, 6) is 0. The van der Waals surface area contributed by atoms with Gasteiger partial charge in [0.25, 0.3) is 0 Å². The first-order valence-corrected chi connectivity index (χ1v) is 19.5. The van der Waals surface area contributed by atoms with Gasteiger partial charge in [-0.25, -0.2) is 10.4 Å². The molecule has 0 saturated carbocycles. The number of hydrazine groups is 1. The van der Waals surface area contributed by atoms with E-state index >= 15 is 0 Å². The standard InChI is InChI=1S/C52H40N4/c1-4-16-36(17-5-1)35-55-51(39-18-6-2-7-19-39)53-50(54-55)38-30-28-37(29-31-38)40-32-33-45-43(34-40)42-22-10-11-23-44(42)52(45)46-24-12-14-26-48(46)56(41-20-8-3-9-21-41)49-27-15-13-25-47(49)52/h1-34,50-51,53-54H,35H2. The molecule has 0 radical (unpaired) electrons. The van der Waals surface area contributed by atoms with E-state index in [4.69, 9.17) is 0 Å².